The summed E-state index contributed by atoms with van der Waals surface area (Å²) in [5.41, 5.74) is 30.8. The number of hydrogen-bond acceptors (Lipinski definition) is 6. The van der Waals surface area contributed by atoms with Crippen LogP contribution >= 0.6 is 0 Å². The Morgan fingerprint density at radius 2 is 0.787 bits per heavy atom. The number of fused-ring (bicyclic) bond motifs is 24. The minimum Gasteiger partial charge on any atom is -0.351 e. The van der Waals surface area contributed by atoms with Gasteiger partial charge in [0, 0.05) is 76.9 Å². The number of aromatic nitrogens is 9. The summed E-state index contributed by atoms with van der Waals surface area (Å²) >= 11 is 0. The van der Waals surface area contributed by atoms with Crippen molar-refractivity contribution in [3.8, 4) is 33.4 Å². The van der Waals surface area contributed by atoms with E-state index in [0.29, 0.717) is 5.92 Å². The molecule has 0 atom stereocenters. The first-order valence-electron chi connectivity index (χ1n) is 31.2. The summed E-state index contributed by atoms with van der Waals surface area (Å²) in [6.07, 6.45) is 2.92. The summed E-state index contributed by atoms with van der Waals surface area (Å²) in [6.45, 7) is 17.2. The molecule has 12 heteroatoms. The van der Waals surface area contributed by atoms with Crippen molar-refractivity contribution in [2.75, 3.05) is 0 Å². The predicted octanol–water partition coefficient (Wildman–Crippen LogP) is 20.0. The number of pyridine rings is 6. The fourth-order valence-electron chi connectivity index (χ4n) is 14.0. The van der Waals surface area contributed by atoms with Gasteiger partial charge in [-0.2, -0.15) is 0 Å². The van der Waals surface area contributed by atoms with E-state index in [1.165, 1.54) is 61.2 Å². The largest absolute Gasteiger partial charge is 0.351 e. The van der Waals surface area contributed by atoms with E-state index in [4.69, 9.17) is 29.9 Å². The topological polar surface area (TPSA) is 90.6 Å². The number of para-hydroxylation sites is 6. The van der Waals surface area contributed by atoms with Crippen molar-refractivity contribution >= 4 is 115 Å². The summed E-state index contributed by atoms with van der Waals surface area (Å²) in [5.74, 6) is 0.646. The van der Waals surface area contributed by atoms with Gasteiger partial charge in [0.1, 0.15) is 0 Å². The van der Waals surface area contributed by atoms with E-state index in [0.717, 1.165) is 133 Å². The van der Waals surface area contributed by atoms with E-state index in [2.05, 4.69) is 243 Å². The molecule has 9 heterocycles. The smallest absolute Gasteiger partial charge is 0.0774 e. The molecule has 0 saturated carbocycles. The molecule has 0 spiro atoms. The average molecular weight is 1750 g/mol. The van der Waals surface area contributed by atoms with Gasteiger partial charge >= 0.3 is 0 Å². The second-order valence-corrected chi connectivity index (χ2v) is 24.7. The van der Waals surface area contributed by atoms with Crippen molar-refractivity contribution in [1.82, 2.24) is 43.1 Å². The Balaban J connectivity index is 0.000000126. The van der Waals surface area contributed by atoms with Crippen LogP contribution in [0.5, 0.6) is 0 Å². The van der Waals surface area contributed by atoms with Crippen molar-refractivity contribution in [3.63, 3.8) is 0 Å². The van der Waals surface area contributed by atoms with Gasteiger partial charge in [-0.1, -0.05) is 195 Å². The van der Waals surface area contributed by atoms with Gasteiger partial charge in [0.15, 0.2) is 0 Å². The van der Waals surface area contributed by atoms with Gasteiger partial charge in [0.2, 0.25) is 0 Å². The number of aryl methyl sites for hydroxylation is 6. The molecule has 465 valence electrons. The normalized spacial score (nSPS) is 11.5. The van der Waals surface area contributed by atoms with E-state index in [1.54, 1.807) is 0 Å². The molecular weight excluding hydrogens is 1690 g/mol. The third-order valence-corrected chi connectivity index (χ3v) is 17.7. The van der Waals surface area contributed by atoms with Crippen molar-refractivity contribution < 1.29 is 60.3 Å². The summed E-state index contributed by atoms with van der Waals surface area (Å²) in [4.78, 5) is 29.6. The standard InChI is InChI=1S/C29H24N3.C27H20N3.C26H18N3.3Ir/c1-18(2)17-20-12-14-21(15-13-20)22-7-6-10-26-27(22)28-23(16-11-19(3)30-28)29-31-24-8-4-5-9-25(24)32(26)29;1-16-13-17(2)15-19(14-16)20-7-6-10-24-25(20)26-21(12-11-18(3)28-26)27-29-22-8-4-5-9-23(22)30(24)27;1-16-8-5-9-17(2)23(16)18-10-6-14-22-24(18)25-19(11-7-15-27-25)26-28-20-12-3-4-13-21(20)29(22)26;;;/h4-15,18H,17H2,1-3H3;4-11,13-15H,1-3H3;3-10,12-15H,1-2H3;;;/q3*-1;;;. The molecule has 0 bridgehead atoms. The van der Waals surface area contributed by atoms with Crippen LogP contribution in [0.15, 0.2) is 212 Å². The molecule has 0 amide bonds. The van der Waals surface area contributed by atoms with Gasteiger partial charge in [-0.15, -0.1) is 36.4 Å². The molecule has 3 radical (unpaired) electrons. The SMILES string of the molecule is Cc1c[c-]c2c(n1)c1c(-c3ccc(CC(C)C)cc3)cccc1n1c3ccccc3nc21.Cc1cc(C)cc(-c2cccc3c2c2nc(C)c[c-]c2c2nc4ccccc4n32)c1.Cc1cccc(C)c1-c1cccc2c1c1ncc[c-]c1c1nc3ccccc3n21.[Ir].[Ir].[Ir]. The van der Waals surface area contributed by atoms with E-state index in [1.807, 2.05) is 56.4 Å². The van der Waals surface area contributed by atoms with Crippen LogP contribution in [0.1, 0.15) is 53.1 Å². The van der Waals surface area contributed by atoms with Crippen molar-refractivity contribution in [2.24, 2.45) is 5.92 Å². The van der Waals surface area contributed by atoms with E-state index in [-0.39, 0.29) is 60.3 Å². The van der Waals surface area contributed by atoms with Gasteiger partial charge in [-0.3, -0.25) is 15.0 Å². The molecule has 0 N–H and O–H groups in total. The van der Waals surface area contributed by atoms with Gasteiger partial charge in [-0.25, -0.2) is 0 Å². The third-order valence-electron chi connectivity index (χ3n) is 17.7. The van der Waals surface area contributed by atoms with E-state index >= 15 is 0 Å². The molecule has 0 unspecified atom stereocenters. The van der Waals surface area contributed by atoms with Crippen LogP contribution in [-0.2, 0) is 66.7 Å². The van der Waals surface area contributed by atoms with Crippen molar-refractivity contribution in [1.29, 1.82) is 0 Å². The monoisotopic (exact) mass is 1750 g/mol. The molecule has 9 aromatic carbocycles. The van der Waals surface area contributed by atoms with Crippen molar-refractivity contribution in [3.05, 3.63) is 270 Å². The zero-order valence-corrected chi connectivity index (χ0v) is 60.2. The number of imidazole rings is 3. The summed E-state index contributed by atoms with van der Waals surface area (Å²) < 4.78 is 6.77. The fraction of sp³-hybridized carbons (Fsp3) is 0.122. The summed E-state index contributed by atoms with van der Waals surface area (Å²) in [7, 11) is 0. The molecule has 18 rings (SSSR count). The van der Waals surface area contributed by atoms with Crippen LogP contribution in [0.3, 0.4) is 0 Å². The molecule has 9 nitrogen and oxygen atoms in total. The minimum absolute atomic E-state index is 0. The Morgan fingerprint density at radius 3 is 1.26 bits per heavy atom. The number of hydrogen-bond donors (Lipinski definition) is 0. The molecule has 9 aromatic heterocycles. The molecule has 0 saturated heterocycles. The number of benzene rings is 9. The average Bonchev–Trinajstić information content (AvgIpc) is 1.46. The Kier molecular flexibility index (Phi) is 17.3. The van der Waals surface area contributed by atoms with Gasteiger partial charge < -0.3 is 28.2 Å². The van der Waals surface area contributed by atoms with Crippen LogP contribution in [0.4, 0.5) is 0 Å². The Labute approximate surface area is 585 Å². The number of rotatable bonds is 5. The van der Waals surface area contributed by atoms with Crippen LogP contribution in [0, 0.1) is 65.7 Å². The molecule has 0 aliphatic heterocycles. The molecule has 0 aliphatic carbocycles. The molecule has 94 heavy (non-hydrogen) atoms. The second kappa shape index (κ2) is 25.6. The zero-order chi connectivity index (χ0) is 61.8. The number of nitrogens with zero attached hydrogens (tertiary/aromatic N) is 9. The van der Waals surface area contributed by atoms with E-state index < -0.39 is 0 Å². The third kappa shape index (κ3) is 10.8. The fourth-order valence-corrected chi connectivity index (χ4v) is 14.0. The first-order valence-corrected chi connectivity index (χ1v) is 31.2. The Hall–Kier alpha value is -9.21. The van der Waals surface area contributed by atoms with Gasteiger partial charge in [0.05, 0.1) is 50.0 Å². The molecule has 18 aromatic rings. The summed E-state index contributed by atoms with van der Waals surface area (Å²) in [5, 5.41) is 6.31. The van der Waals surface area contributed by atoms with Gasteiger partial charge in [0.25, 0.3) is 0 Å². The van der Waals surface area contributed by atoms with E-state index in [9.17, 15) is 0 Å². The van der Waals surface area contributed by atoms with Crippen LogP contribution < -0.4 is 0 Å². The maximum absolute atomic E-state index is 4.98. The van der Waals surface area contributed by atoms with Crippen LogP contribution in [0.25, 0.3) is 149 Å². The molecule has 0 aliphatic rings. The predicted molar refractivity (Wildman–Crippen MR) is 376 cm³/mol. The maximum Gasteiger partial charge on any atom is 0.0774 e. The van der Waals surface area contributed by atoms with Crippen LogP contribution in [0.2, 0.25) is 0 Å². The molecule has 0 fully saturated rings. The van der Waals surface area contributed by atoms with Crippen molar-refractivity contribution in [2.45, 2.75) is 61.8 Å². The minimum atomic E-state index is 0. The van der Waals surface area contributed by atoms with Gasteiger partial charge in [-0.05, 0) is 189 Å². The second-order valence-electron chi connectivity index (χ2n) is 24.7. The molecular formula is C82H62Ir3N9-3. The first-order chi connectivity index (χ1) is 44.4. The van der Waals surface area contributed by atoms with Crippen LogP contribution in [-0.4, -0.2) is 43.1 Å². The Bertz CT molecular complexity index is 5960. The Morgan fingerprint density at radius 1 is 0.383 bits per heavy atom. The maximum atomic E-state index is 4.98. The summed E-state index contributed by atoms with van der Waals surface area (Å²) in [6, 6.07) is 82.7. The quantitative estimate of drug-likeness (QED) is 0.126. The first kappa shape index (κ1) is 63.5. The zero-order valence-electron chi connectivity index (χ0n) is 53.0.